The minimum atomic E-state index is 0.522. The highest BCUT2D eigenvalue weighted by atomic mass is 16.5. The predicted octanol–water partition coefficient (Wildman–Crippen LogP) is 1.79. The molecule has 0 amide bonds. The Morgan fingerprint density at radius 1 is 1.22 bits per heavy atom. The first-order valence-corrected chi connectivity index (χ1v) is 6.96. The number of hydrogen-bond acceptors (Lipinski definition) is 3. The van der Waals surface area contributed by atoms with Gasteiger partial charge in [0.15, 0.2) is 0 Å². The lowest BCUT2D eigenvalue weighted by Gasteiger charge is -2.19. The molecule has 0 aromatic heterocycles. The van der Waals surface area contributed by atoms with Gasteiger partial charge in [0.25, 0.3) is 0 Å². The van der Waals surface area contributed by atoms with E-state index in [2.05, 4.69) is 47.9 Å². The number of hydrogen-bond donors (Lipinski definition) is 2. The molecule has 100 valence electrons. The van der Waals surface area contributed by atoms with Gasteiger partial charge in [-0.15, -0.1) is 0 Å². The van der Waals surface area contributed by atoms with Crippen LogP contribution in [0.15, 0.2) is 30.3 Å². The highest BCUT2D eigenvalue weighted by molar-refractivity contribution is 5.14. The zero-order valence-electron chi connectivity index (χ0n) is 11.2. The average Bonchev–Trinajstić information content (AvgIpc) is 2.85. The van der Waals surface area contributed by atoms with Crippen molar-refractivity contribution in [1.29, 1.82) is 0 Å². The van der Waals surface area contributed by atoms with Gasteiger partial charge in [-0.3, -0.25) is 0 Å². The molecular weight excluding hydrogens is 224 g/mol. The third-order valence-corrected chi connectivity index (χ3v) is 3.43. The van der Waals surface area contributed by atoms with Gasteiger partial charge in [-0.2, -0.15) is 0 Å². The van der Waals surface area contributed by atoms with E-state index in [1.165, 1.54) is 12.0 Å². The molecular formula is C15H24N2O. The predicted molar refractivity (Wildman–Crippen MR) is 74.5 cm³/mol. The van der Waals surface area contributed by atoms with Crippen LogP contribution in [0.25, 0.3) is 0 Å². The summed E-state index contributed by atoms with van der Waals surface area (Å²) in [5, 5.41) is 7.10. The maximum atomic E-state index is 5.57. The van der Waals surface area contributed by atoms with E-state index in [4.69, 9.17) is 4.74 Å². The molecule has 2 N–H and O–H groups in total. The molecule has 0 aliphatic carbocycles. The van der Waals surface area contributed by atoms with Crippen LogP contribution >= 0.6 is 0 Å². The Labute approximate surface area is 110 Å². The molecule has 1 aliphatic heterocycles. The van der Waals surface area contributed by atoms with Crippen LogP contribution in [0.1, 0.15) is 18.9 Å². The summed E-state index contributed by atoms with van der Waals surface area (Å²) in [6.07, 6.45) is 1.18. The molecule has 1 heterocycles. The first-order chi connectivity index (χ1) is 8.90. The van der Waals surface area contributed by atoms with Gasteiger partial charge in [0.2, 0.25) is 0 Å². The van der Waals surface area contributed by atoms with E-state index in [1.807, 2.05) is 0 Å². The lowest BCUT2D eigenvalue weighted by Crippen LogP contribution is -2.40. The van der Waals surface area contributed by atoms with Crippen molar-refractivity contribution in [2.45, 2.75) is 25.9 Å². The highest BCUT2D eigenvalue weighted by Gasteiger charge is 2.26. The summed E-state index contributed by atoms with van der Waals surface area (Å²) in [4.78, 5) is 0. The minimum Gasteiger partial charge on any atom is -0.379 e. The minimum absolute atomic E-state index is 0.522. The number of rotatable bonds is 7. The zero-order valence-corrected chi connectivity index (χ0v) is 11.2. The number of ether oxygens (including phenoxy) is 1. The Morgan fingerprint density at radius 2 is 2.06 bits per heavy atom. The topological polar surface area (TPSA) is 33.3 Å². The van der Waals surface area contributed by atoms with Crippen LogP contribution in [0.2, 0.25) is 0 Å². The van der Waals surface area contributed by atoms with Crippen LogP contribution in [0.4, 0.5) is 0 Å². The van der Waals surface area contributed by atoms with Crippen molar-refractivity contribution < 1.29 is 4.74 Å². The van der Waals surface area contributed by atoms with Gasteiger partial charge < -0.3 is 15.4 Å². The molecule has 0 bridgehead atoms. The molecule has 18 heavy (non-hydrogen) atoms. The summed E-state index contributed by atoms with van der Waals surface area (Å²) in [5.74, 6) is 0.597. The maximum absolute atomic E-state index is 5.57. The standard InChI is InChI=1S/C15H24N2O/c1-2-8-17-15-12-18-11-14(15)10-16-9-13-6-4-3-5-7-13/h3-7,14-17H,2,8-12H2,1H3. The zero-order chi connectivity index (χ0) is 12.6. The van der Waals surface area contributed by atoms with Crippen molar-refractivity contribution in [3.05, 3.63) is 35.9 Å². The van der Waals surface area contributed by atoms with Crippen LogP contribution in [0.5, 0.6) is 0 Å². The molecule has 1 fully saturated rings. The molecule has 2 rings (SSSR count). The smallest absolute Gasteiger partial charge is 0.0623 e. The molecule has 3 heteroatoms. The Bertz CT molecular complexity index is 329. The fraction of sp³-hybridized carbons (Fsp3) is 0.600. The van der Waals surface area contributed by atoms with E-state index in [-0.39, 0.29) is 0 Å². The van der Waals surface area contributed by atoms with Gasteiger partial charge >= 0.3 is 0 Å². The van der Waals surface area contributed by atoms with E-state index in [0.717, 1.165) is 32.8 Å². The second-order valence-corrected chi connectivity index (χ2v) is 4.97. The van der Waals surface area contributed by atoms with Gasteiger partial charge in [0, 0.05) is 25.0 Å². The summed E-state index contributed by atoms with van der Waals surface area (Å²) in [5.41, 5.74) is 1.34. The molecule has 3 nitrogen and oxygen atoms in total. The first kappa shape index (κ1) is 13.5. The molecule has 1 aromatic rings. The molecule has 0 radical (unpaired) electrons. The van der Waals surface area contributed by atoms with Crippen LogP contribution in [-0.2, 0) is 11.3 Å². The van der Waals surface area contributed by atoms with Crippen molar-refractivity contribution in [3.63, 3.8) is 0 Å². The highest BCUT2D eigenvalue weighted by Crippen LogP contribution is 2.13. The van der Waals surface area contributed by atoms with Crippen molar-refractivity contribution in [2.24, 2.45) is 5.92 Å². The van der Waals surface area contributed by atoms with Gasteiger partial charge in [0.1, 0.15) is 0 Å². The Balaban J connectivity index is 1.69. The summed E-state index contributed by atoms with van der Waals surface area (Å²) in [7, 11) is 0. The molecule has 1 aliphatic rings. The normalized spacial score (nSPS) is 23.4. The van der Waals surface area contributed by atoms with Crippen LogP contribution in [-0.4, -0.2) is 32.3 Å². The summed E-state index contributed by atoms with van der Waals surface area (Å²) in [6, 6.07) is 11.1. The quantitative estimate of drug-likeness (QED) is 0.772. The van der Waals surface area contributed by atoms with Crippen molar-refractivity contribution in [2.75, 3.05) is 26.3 Å². The van der Waals surface area contributed by atoms with Crippen molar-refractivity contribution in [3.8, 4) is 0 Å². The Hall–Kier alpha value is -0.900. The van der Waals surface area contributed by atoms with Crippen molar-refractivity contribution in [1.82, 2.24) is 10.6 Å². The molecule has 0 spiro atoms. The average molecular weight is 248 g/mol. The maximum Gasteiger partial charge on any atom is 0.0623 e. The molecule has 2 atom stereocenters. The first-order valence-electron chi connectivity index (χ1n) is 6.96. The fourth-order valence-electron chi connectivity index (χ4n) is 2.35. The second kappa shape index (κ2) is 7.52. The molecule has 1 aromatic carbocycles. The van der Waals surface area contributed by atoms with E-state index in [1.54, 1.807) is 0 Å². The fourth-order valence-corrected chi connectivity index (χ4v) is 2.35. The summed E-state index contributed by atoms with van der Waals surface area (Å²) < 4.78 is 5.57. The number of nitrogens with one attached hydrogen (secondary N) is 2. The molecule has 2 unspecified atom stereocenters. The van der Waals surface area contributed by atoms with Crippen LogP contribution in [0, 0.1) is 5.92 Å². The SMILES string of the molecule is CCCNC1COCC1CNCc1ccccc1. The van der Waals surface area contributed by atoms with Gasteiger partial charge in [-0.25, -0.2) is 0 Å². The Kier molecular flexibility index (Phi) is 5.65. The van der Waals surface area contributed by atoms with Crippen LogP contribution in [0.3, 0.4) is 0 Å². The second-order valence-electron chi connectivity index (χ2n) is 4.97. The van der Waals surface area contributed by atoms with E-state index >= 15 is 0 Å². The van der Waals surface area contributed by atoms with E-state index in [9.17, 15) is 0 Å². The lowest BCUT2D eigenvalue weighted by molar-refractivity contribution is 0.182. The van der Waals surface area contributed by atoms with E-state index in [0.29, 0.717) is 12.0 Å². The molecule has 0 saturated carbocycles. The van der Waals surface area contributed by atoms with Crippen LogP contribution < -0.4 is 10.6 Å². The monoisotopic (exact) mass is 248 g/mol. The van der Waals surface area contributed by atoms with E-state index < -0.39 is 0 Å². The number of benzene rings is 1. The lowest BCUT2D eigenvalue weighted by atomic mass is 10.0. The van der Waals surface area contributed by atoms with Gasteiger partial charge in [-0.05, 0) is 18.5 Å². The van der Waals surface area contributed by atoms with Gasteiger partial charge in [-0.1, -0.05) is 37.3 Å². The summed E-state index contributed by atoms with van der Waals surface area (Å²) >= 11 is 0. The summed E-state index contributed by atoms with van der Waals surface area (Å²) in [6.45, 7) is 6.99. The third-order valence-electron chi connectivity index (χ3n) is 3.43. The Morgan fingerprint density at radius 3 is 2.83 bits per heavy atom. The largest absolute Gasteiger partial charge is 0.379 e. The third kappa shape index (κ3) is 4.09. The molecule has 1 saturated heterocycles. The van der Waals surface area contributed by atoms with Gasteiger partial charge in [0.05, 0.1) is 13.2 Å². The van der Waals surface area contributed by atoms with Crippen molar-refractivity contribution >= 4 is 0 Å².